The second-order valence-electron chi connectivity index (χ2n) is 13.1. The van der Waals surface area contributed by atoms with Crippen molar-refractivity contribution in [2.45, 2.75) is 153 Å². The van der Waals surface area contributed by atoms with Gasteiger partial charge in [-0.2, -0.15) is 0 Å². The molecular formula is C39H58N2O9. The Morgan fingerprint density at radius 1 is 1.06 bits per heavy atom. The predicted octanol–water partition coefficient (Wildman–Crippen LogP) is 7.42. The molecule has 11 heteroatoms. The molecule has 0 saturated carbocycles. The van der Waals surface area contributed by atoms with Crippen molar-refractivity contribution < 1.29 is 42.5 Å². The Labute approximate surface area is 298 Å². The van der Waals surface area contributed by atoms with Crippen LogP contribution in [0.15, 0.2) is 28.9 Å². The van der Waals surface area contributed by atoms with Gasteiger partial charge in [-0.05, 0) is 63.9 Å². The van der Waals surface area contributed by atoms with Gasteiger partial charge in [0.25, 0.3) is 0 Å². The van der Waals surface area contributed by atoms with Gasteiger partial charge in [0, 0.05) is 38.3 Å². The van der Waals surface area contributed by atoms with Crippen LogP contribution in [-0.4, -0.2) is 73.8 Å². The number of unbranched alkanes of at least 4 members (excludes halogenated alkanes) is 6. The molecule has 1 aromatic rings. The van der Waals surface area contributed by atoms with Crippen LogP contribution in [0.1, 0.15) is 128 Å². The number of ether oxygens (including phenoxy) is 5. The van der Waals surface area contributed by atoms with Crippen LogP contribution in [0.2, 0.25) is 0 Å². The quantitative estimate of drug-likeness (QED) is 0.0576. The first-order chi connectivity index (χ1) is 24.4. The smallest absolute Gasteiger partial charge is 0.407 e. The Morgan fingerprint density at radius 3 is 2.66 bits per heavy atom. The van der Waals surface area contributed by atoms with E-state index in [1.807, 2.05) is 0 Å². The zero-order chi connectivity index (χ0) is 35.8. The summed E-state index contributed by atoms with van der Waals surface area (Å²) >= 11 is 0. The van der Waals surface area contributed by atoms with E-state index in [1.165, 1.54) is 19.6 Å². The van der Waals surface area contributed by atoms with E-state index in [-0.39, 0.29) is 42.9 Å². The number of alkyl carbamates (subject to hydrolysis) is 1. The van der Waals surface area contributed by atoms with Crippen LogP contribution in [0.4, 0.5) is 4.79 Å². The van der Waals surface area contributed by atoms with Gasteiger partial charge in [-0.3, -0.25) is 4.79 Å². The van der Waals surface area contributed by atoms with Crippen LogP contribution >= 0.6 is 0 Å². The second kappa shape index (κ2) is 24.5. The molecule has 5 atom stereocenters. The molecule has 278 valence electrons. The fraction of sp³-hybridized carbons (Fsp3) is 0.692. The number of methoxy groups -OCH3 is 1. The minimum absolute atomic E-state index is 0.105. The predicted molar refractivity (Wildman–Crippen MR) is 190 cm³/mol. The van der Waals surface area contributed by atoms with Gasteiger partial charge in [-0.25, -0.2) is 14.6 Å². The molecule has 0 spiro atoms. The summed E-state index contributed by atoms with van der Waals surface area (Å²) in [6, 6.07) is 0. The first-order valence-electron chi connectivity index (χ1n) is 18.6. The van der Waals surface area contributed by atoms with Crippen LogP contribution in [0.25, 0.3) is 6.08 Å². The summed E-state index contributed by atoms with van der Waals surface area (Å²) in [5.74, 6) is 2.44. The molecule has 2 aliphatic rings. The summed E-state index contributed by atoms with van der Waals surface area (Å²) in [5, 5.41) is 2.54. The summed E-state index contributed by atoms with van der Waals surface area (Å²) in [4.78, 5) is 41.4. The zero-order valence-corrected chi connectivity index (χ0v) is 30.1. The van der Waals surface area contributed by atoms with Crippen molar-refractivity contribution in [3.63, 3.8) is 0 Å². The standard InChI is InChI=1S/C39H58N2O9/c1-4-6-7-8-9-10-11-12-18-32-23-25-46-31(5-2)19-15-20-33-26-34(27-35(48-33)28-38(43)49-32)50-37(42)22-14-13-17-30-29-47-36(41-30)21-16-24-40-39(44)45-3/h1,14,16,21-22,29,31-35H,5-13,15,17-20,23-28H2,2-3H3,(H,40,44)/b21-16-,22-14-/t31?,32-,33?,34+,35?/m0/s1. The van der Waals surface area contributed by atoms with Crippen LogP contribution in [0, 0.1) is 12.3 Å². The number of fused-ring (bicyclic) bond motifs is 2. The number of rotatable bonds is 17. The summed E-state index contributed by atoms with van der Waals surface area (Å²) in [6.45, 7) is 3.02. The van der Waals surface area contributed by atoms with Gasteiger partial charge in [-0.15, -0.1) is 12.3 Å². The third-order valence-corrected chi connectivity index (χ3v) is 9.01. The lowest BCUT2D eigenvalue weighted by Crippen LogP contribution is -2.39. The third-order valence-electron chi connectivity index (χ3n) is 9.01. The van der Waals surface area contributed by atoms with E-state index in [9.17, 15) is 14.4 Å². The number of aromatic nitrogens is 1. The molecule has 2 bridgehead atoms. The molecule has 2 aliphatic heterocycles. The van der Waals surface area contributed by atoms with E-state index in [0.29, 0.717) is 51.1 Å². The highest BCUT2D eigenvalue weighted by Crippen LogP contribution is 2.29. The number of carbonyl (C=O) groups excluding carboxylic acids is 3. The highest BCUT2D eigenvalue weighted by molar-refractivity contribution is 5.82. The van der Waals surface area contributed by atoms with Crippen molar-refractivity contribution in [2.24, 2.45) is 0 Å². The maximum atomic E-state index is 13.1. The summed E-state index contributed by atoms with van der Waals surface area (Å²) in [5.41, 5.74) is 0.746. The van der Waals surface area contributed by atoms with Crippen molar-refractivity contribution in [3.8, 4) is 12.3 Å². The van der Waals surface area contributed by atoms with Crippen LogP contribution in [0.5, 0.6) is 0 Å². The number of esters is 2. The number of nitrogens with one attached hydrogen (secondary N) is 1. The molecule has 0 radical (unpaired) electrons. The third kappa shape index (κ3) is 17.3. The molecular weight excluding hydrogens is 640 g/mol. The molecule has 11 nitrogen and oxygen atoms in total. The van der Waals surface area contributed by atoms with Gasteiger partial charge in [0.15, 0.2) is 0 Å². The van der Waals surface area contributed by atoms with Crippen molar-refractivity contribution in [1.82, 2.24) is 10.3 Å². The number of aryl methyl sites for hydroxylation is 1. The number of terminal acetylenes is 1. The maximum absolute atomic E-state index is 13.1. The fourth-order valence-corrected chi connectivity index (χ4v) is 6.31. The molecule has 0 aromatic carbocycles. The van der Waals surface area contributed by atoms with Gasteiger partial charge in [0.05, 0.1) is 44.1 Å². The average Bonchev–Trinajstić information content (AvgIpc) is 3.55. The number of oxazole rings is 1. The number of hydrogen-bond acceptors (Lipinski definition) is 10. The molecule has 3 heterocycles. The number of cyclic esters (lactones) is 1. The van der Waals surface area contributed by atoms with E-state index in [4.69, 9.17) is 29.8 Å². The first kappa shape index (κ1) is 40.8. The molecule has 1 aromatic heterocycles. The van der Waals surface area contributed by atoms with E-state index >= 15 is 0 Å². The number of allylic oxidation sites excluding steroid dienone is 1. The monoisotopic (exact) mass is 698 g/mol. The number of amides is 1. The number of hydrogen-bond donors (Lipinski definition) is 1. The largest absolute Gasteiger partial charge is 0.462 e. The second-order valence-corrected chi connectivity index (χ2v) is 13.1. The van der Waals surface area contributed by atoms with Crippen LogP contribution < -0.4 is 5.32 Å². The van der Waals surface area contributed by atoms with E-state index in [0.717, 1.165) is 76.3 Å². The van der Waals surface area contributed by atoms with Crippen LogP contribution in [0.3, 0.4) is 0 Å². The molecule has 1 N–H and O–H groups in total. The van der Waals surface area contributed by atoms with Gasteiger partial charge >= 0.3 is 18.0 Å². The van der Waals surface area contributed by atoms with E-state index < -0.39 is 12.1 Å². The Kier molecular flexibility index (Phi) is 20.0. The van der Waals surface area contributed by atoms with Crippen LogP contribution in [-0.2, 0) is 39.7 Å². The lowest BCUT2D eigenvalue weighted by Gasteiger charge is -2.35. The van der Waals surface area contributed by atoms with Gasteiger partial charge in [0.1, 0.15) is 18.5 Å². The van der Waals surface area contributed by atoms with Gasteiger partial charge < -0.3 is 33.4 Å². The van der Waals surface area contributed by atoms with Crippen molar-refractivity contribution in [3.05, 3.63) is 36.1 Å². The first-order valence-corrected chi connectivity index (χ1v) is 18.6. The molecule has 50 heavy (non-hydrogen) atoms. The Bertz CT molecular complexity index is 1240. The van der Waals surface area contributed by atoms with Crippen molar-refractivity contribution in [2.75, 3.05) is 20.3 Å². The SMILES string of the molecule is C#CCCCCCCCC[C@H]1CCOC(CC)CCCC2C[C@@H](OC(=O)/C=C\CCc3coc(/C=C\CNC(=O)OC)n3)CC(CC(=O)O1)O2. The Hall–Kier alpha value is -3.62. The number of carbonyl (C=O) groups is 3. The number of nitrogens with zero attached hydrogens (tertiary/aromatic N) is 1. The average molecular weight is 699 g/mol. The molecule has 1 amide bonds. The minimum Gasteiger partial charge on any atom is -0.462 e. The lowest BCUT2D eigenvalue weighted by molar-refractivity contribution is -0.166. The van der Waals surface area contributed by atoms with Crippen molar-refractivity contribution in [1.29, 1.82) is 0 Å². The summed E-state index contributed by atoms with van der Waals surface area (Å²) < 4.78 is 34.4. The Balaban J connectivity index is 1.47. The summed E-state index contributed by atoms with van der Waals surface area (Å²) in [6.07, 6.45) is 27.2. The topological polar surface area (TPSA) is 135 Å². The highest BCUT2D eigenvalue weighted by Gasteiger charge is 2.33. The van der Waals surface area contributed by atoms with Crippen molar-refractivity contribution >= 4 is 24.1 Å². The molecule has 0 aliphatic carbocycles. The van der Waals surface area contributed by atoms with E-state index in [2.05, 4.69) is 27.9 Å². The normalized spacial score (nSPS) is 23.5. The van der Waals surface area contributed by atoms with Gasteiger partial charge in [-0.1, -0.05) is 44.8 Å². The van der Waals surface area contributed by atoms with Gasteiger partial charge in [0.2, 0.25) is 5.89 Å². The summed E-state index contributed by atoms with van der Waals surface area (Å²) in [7, 11) is 1.30. The maximum Gasteiger partial charge on any atom is 0.407 e. The molecule has 2 saturated heterocycles. The van der Waals surface area contributed by atoms with E-state index in [1.54, 1.807) is 24.5 Å². The molecule has 3 unspecified atom stereocenters. The zero-order valence-electron chi connectivity index (χ0n) is 30.1. The Morgan fingerprint density at radius 2 is 1.86 bits per heavy atom. The lowest BCUT2D eigenvalue weighted by atomic mass is 9.95. The molecule has 2 fully saturated rings. The fourth-order valence-electron chi connectivity index (χ4n) is 6.31. The highest BCUT2D eigenvalue weighted by atomic mass is 16.6. The molecule has 3 rings (SSSR count). The minimum atomic E-state index is -0.513.